The lowest BCUT2D eigenvalue weighted by Gasteiger charge is -2.19. The fourth-order valence-electron chi connectivity index (χ4n) is 2.57. The Morgan fingerprint density at radius 2 is 1.52 bits per heavy atom. The number of anilines is 1. The maximum Gasteiger partial charge on any atom is 0.255 e. The van der Waals surface area contributed by atoms with Crippen LogP contribution in [0.4, 0.5) is 5.69 Å². The Labute approximate surface area is 171 Å². The molecule has 2 rings (SSSR count). The lowest BCUT2D eigenvalue weighted by Crippen LogP contribution is -2.31. The zero-order chi connectivity index (χ0) is 21.7. The number of hydrogen-bond donors (Lipinski definition) is 1. The molecule has 2 aromatic rings. The van der Waals surface area contributed by atoms with Crippen LogP contribution in [0.1, 0.15) is 10.4 Å². The maximum atomic E-state index is 12.7. The summed E-state index contributed by atoms with van der Waals surface area (Å²) >= 11 is 0. The Morgan fingerprint density at radius 1 is 0.966 bits per heavy atom. The van der Waals surface area contributed by atoms with Gasteiger partial charge in [-0.1, -0.05) is 24.3 Å². The molecule has 0 bridgehead atoms. The summed E-state index contributed by atoms with van der Waals surface area (Å²) < 4.78 is 50.3. The molecule has 0 aromatic heterocycles. The van der Waals surface area contributed by atoms with Gasteiger partial charge in [0.2, 0.25) is 10.0 Å². The smallest absolute Gasteiger partial charge is 0.255 e. The molecule has 0 aliphatic heterocycles. The van der Waals surface area contributed by atoms with E-state index >= 15 is 0 Å². The predicted molar refractivity (Wildman–Crippen MR) is 113 cm³/mol. The van der Waals surface area contributed by atoms with Crippen LogP contribution in [0.25, 0.3) is 0 Å². The van der Waals surface area contributed by atoms with Gasteiger partial charge in [0, 0.05) is 24.9 Å². The van der Waals surface area contributed by atoms with E-state index in [4.69, 9.17) is 0 Å². The third-order valence-corrected chi connectivity index (χ3v) is 6.96. The normalized spacial score (nSPS) is 11.8. The molecule has 0 aliphatic rings. The lowest BCUT2D eigenvalue weighted by molar-refractivity contribution is 0.102. The molecule has 0 saturated heterocycles. The van der Waals surface area contributed by atoms with Crippen LogP contribution in [0, 0.1) is 0 Å². The minimum Gasteiger partial charge on any atom is -0.321 e. The van der Waals surface area contributed by atoms with Crippen LogP contribution in [0.15, 0.2) is 83.6 Å². The van der Waals surface area contributed by atoms with E-state index in [0.29, 0.717) is 0 Å². The number of hydrogen-bond acceptors (Lipinski definition) is 5. The van der Waals surface area contributed by atoms with Crippen molar-refractivity contribution in [2.24, 2.45) is 0 Å². The molecule has 7 nitrogen and oxygen atoms in total. The maximum absolute atomic E-state index is 12.7. The number of rotatable bonds is 9. The van der Waals surface area contributed by atoms with Crippen LogP contribution >= 0.6 is 0 Å². The van der Waals surface area contributed by atoms with Crippen molar-refractivity contribution < 1.29 is 21.6 Å². The van der Waals surface area contributed by atoms with Crippen LogP contribution in [0.5, 0.6) is 0 Å². The zero-order valence-electron chi connectivity index (χ0n) is 15.9. The van der Waals surface area contributed by atoms with Crippen molar-refractivity contribution >= 4 is 31.5 Å². The number of amides is 1. The molecule has 0 aliphatic carbocycles. The van der Waals surface area contributed by atoms with Crippen LogP contribution in [-0.4, -0.2) is 46.4 Å². The second-order valence-electron chi connectivity index (χ2n) is 6.15. The monoisotopic (exact) mass is 434 g/mol. The molecule has 1 amide bonds. The highest BCUT2D eigenvalue weighted by molar-refractivity contribution is 7.91. The fourth-order valence-corrected chi connectivity index (χ4v) is 4.80. The molecule has 0 atom stereocenters. The Morgan fingerprint density at radius 3 is 2.03 bits per heavy atom. The quantitative estimate of drug-likeness (QED) is 0.612. The summed E-state index contributed by atoms with van der Waals surface area (Å²) in [5.41, 5.74) is 0.339. The van der Waals surface area contributed by atoms with E-state index in [-0.39, 0.29) is 34.1 Å². The molecule has 2 aromatic carbocycles. The number of benzene rings is 2. The van der Waals surface area contributed by atoms with Gasteiger partial charge in [0.1, 0.15) is 0 Å². The number of carbonyl (C=O) groups excluding carboxylic acids is 1. The van der Waals surface area contributed by atoms with Gasteiger partial charge in [0.15, 0.2) is 9.84 Å². The van der Waals surface area contributed by atoms with E-state index in [0.717, 1.165) is 6.26 Å². The zero-order valence-corrected chi connectivity index (χ0v) is 17.5. The van der Waals surface area contributed by atoms with Gasteiger partial charge in [-0.2, -0.15) is 4.31 Å². The van der Waals surface area contributed by atoms with Crippen molar-refractivity contribution in [2.45, 2.75) is 9.79 Å². The van der Waals surface area contributed by atoms with Gasteiger partial charge in [0.25, 0.3) is 5.91 Å². The Bertz CT molecular complexity index is 1110. The van der Waals surface area contributed by atoms with Gasteiger partial charge >= 0.3 is 0 Å². The Kier molecular flexibility index (Phi) is 7.12. The van der Waals surface area contributed by atoms with E-state index in [1.165, 1.54) is 52.9 Å². The number of nitrogens with zero attached hydrogens (tertiary/aromatic N) is 1. The molecule has 0 saturated carbocycles. The minimum atomic E-state index is -3.77. The molecular formula is C20H22N2O5S2. The van der Waals surface area contributed by atoms with Crippen LogP contribution in [0.3, 0.4) is 0 Å². The van der Waals surface area contributed by atoms with E-state index in [2.05, 4.69) is 18.5 Å². The van der Waals surface area contributed by atoms with Crippen LogP contribution in [-0.2, 0) is 19.9 Å². The Balaban J connectivity index is 2.28. The van der Waals surface area contributed by atoms with Crippen molar-refractivity contribution in [3.63, 3.8) is 0 Å². The van der Waals surface area contributed by atoms with Gasteiger partial charge in [0.05, 0.1) is 15.5 Å². The van der Waals surface area contributed by atoms with E-state index in [1.807, 2.05) is 0 Å². The average Bonchev–Trinajstić information content (AvgIpc) is 2.67. The van der Waals surface area contributed by atoms with Gasteiger partial charge in [-0.3, -0.25) is 4.79 Å². The molecule has 0 unspecified atom stereocenters. The van der Waals surface area contributed by atoms with Gasteiger partial charge in [-0.05, 0) is 36.4 Å². The van der Waals surface area contributed by atoms with Crippen molar-refractivity contribution in [3.8, 4) is 0 Å². The number of nitrogens with one attached hydrogen (secondary N) is 1. The number of sulfonamides is 1. The molecule has 9 heteroatoms. The highest BCUT2D eigenvalue weighted by atomic mass is 32.2. The molecule has 154 valence electrons. The summed E-state index contributed by atoms with van der Waals surface area (Å²) in [6.45, 7) is 7.36. The highest BCUT2D eigenvalue weighted by Gasteiger charge is 2.23. The molecule has 0 heterocycles. The first-order chi connectivity index (χ1) is 13.6. The summed E-state index contributed by atoms with van der Waals surface area (Å²) in [5.74, 6) is -0.556. The first kappa shape index (κ1) is 22.5. The molecule has 0 fully saturated rings. The number of sulfone groups is 1. The largest absolute Gasteiger partial charge is 0.321 e. The summed E-state index contributed by atoms with van der Waals surface area (Å²) in [5, 5.41) is 2.55. The van der Waals surface area contributed by atoms with Crippen LogP contribution in [0.2, 0.25) is 0 Å². The third-order valence-electron chi connectivity index (χ3n) is 3.95. The molecule has 1 N–H and O–H groups in total. The molecule has 0 spiro atoms. The van der Waals surface area contributed by atoms with Crippen molar-refractivity contribution in [1.29, 1.82) is 0 Å². The van der Waals surface area contributed by atoms with Crippen molar-refractivity contribution in [3.05, 3.63) is 79.4 Å². The third kappa shape index (κ3) is 5.41. The van der Waals surface area contributed by atoms with Gasteiger partial charge in [-0.25, -0.2) is 16.8 Å². The Hall–Kier alpha value is -2.75. The van der Waals surface area contributed by atoms with Crippen molar-refractivity contribution in [2.75, 3.05) is 24.7 Å². The average molecular weight is 435 g/mol. The van der Waals surface area contributed by atoms with Gasteiger partial charge < -0.3 is 5.32 Å². The van der Waals surface area contributed by atoms with Gasteiger partial charge in [-0.15, -0.1) is 13.2 Å². The number of para-hydroxylation sites is 1. The van der Waals surface area contributed by atoms with E-state index in [1.54, 1.807) is 12.1 Å². The molecule has 0 radical (unpaired) electrons. The highest BCUT2D eigenvalue weighted by Crippen LogP contribution is 2.22. The summed E-state index contributed by atoms with van der Waals surface area (Å²) in [7, 11) is -7.30. The van der Waals surface area contributed by atoms with Crippen LogP contribution < -0.4 is 5.32 Å². The standard InChI is InChI=1S/C20H22N2O5S2/c1-4-14-22(15-5-2)29(26,27)17-12-10-16(11-13-17)20(23)21-18-8-6-7-9-19(18)28(3,24)25/h4-13H,1-2,14-15H2,3H3,(H,21,23). The predicted octanol–water partition coefficient (Wildman–Crippen LogP) is 2.71. The first-order valence-corrected chi connectivity index (χ1v) is 11.9. The lowest BCUT2D eigenvalue weighted by atomic mass is 10.2. The molecular weight excluding hydrogens is 412 g/mol. The topological polar surface area (TPSA) is 101 Å². The second kappa shape index (κ2) is 9.17. The fraction of sp³-hybridized carbons (Fsp3) is 0.150. The first-order valence-electron chi connectivity index (χ1n) is 8.53. The summed E-state index contributed by atoms with van der Waals surface area (Å²) in [6.07, 6.45) is 4.00. The summed E-state index contributed by atoms with van der Waals surface area (Å²) in [6, 6.07) is 11.4. The van der Waals surface area contributed by atoms with E-state index < -0.39 is 25.8 Å². The second-order valence-corrected chi connectivity index (χ2v) is 10.1. The van der Waals surface area contributed by atoms with E-state index in [9.17, 15) is 21.6 Å². The SMILES string of the molecule is C=CCN(CC=C)S(=O)(=O)c1ccc(C(=O)Nc2ccccc2S(C)(=O)=O)cc1. The van der Waals surface area contributed by atoms with Crippen molar-refractivity contribution in [1.82, 2.24) is 4.31 Å². The molecule has 29 heavy (non-hydrogen) atoms. The minimum absolute atomic E-state index is 0.00274. The summed E-state index contributed by atoms with van der Waals surface area (Å²) in [4.78, 5) is 12.5. The number of carbonyl (C=O) groups is 1.